The van der Waals surface area contributed by atoms with Crippen molar-refractivity contribution in [1.82, 2.24) is 5.43 Å². The van der Waals surface area contributed by atoms with Gasteiger partial charge in [-0.1, -0.05) is 0 Å². The maximum Gasteiger partial charge on any atom is 0.126 e. The van der Waals surface area contributed by atoms with Gasteiger partial charge in [-0.2, -0.15) is 0 Å². The molecule has 2 nitrogen and oxygen atoms in total. The molecule has 12 heavy (non-hydrogen) atoms. The molecular weight excluding hydrogens is 186 g/mol. The minimum absolute atomic E-state index is 0. The average molecular weight is 195 g/mol. The van der Waals surface area contributed by atoms with Crippen molar-refractivity contribution in [3.8, 4) is 0 Å². The summed E-state index contributed by atoms with van der Waals surface area (Å²) >= 11 is 0. The van der Waals surface area contributed by atoms with Crippen molar-refractivity contribution in [1.29, 1.82) is 0 Å². The van der Waals surface area contributed by atoms with E-state index in [0.717, 1.165) is 6.07 Å². The molecule has 0 saturated carbocycles. The smallest absolute Gasteiger partial charge is 0.126 e. The van der Waals surface area contributed by atoms with Gasteiger partial charge < -0.3 is 0 Å². The standard InChI is InChI=1S/C7H8F2N2.ClH/c8-6-1-5(4-11-10)2-7(9)3-6;/h1-3,11H,4,10H2;1H. The summed E-state index contributed by atoms with van der Waals surface area (Å²) in [5, 5.41) is 0. The Morgan fingerprint density at radius 3 is 2.08 bits per heavy atom. The molecule has 1 aromatic carbocycles. The van der Waals surface area contributed by atoms with Crippen molar-refractivity contribution in [2.75, 3.05) is 0 Å². The summed E-state index contributed by atoms with van der Waals surface area (Å²) in [6, 6.07) is 3.27. The van der Waals surface area contributed by atoms with Gasteiger partial charge in [0.2, 0.25) is 0 Å². The minimum Gasteiger partial charge on any atom is -0.271 e. The van der Waals surface area contributed by atoms with E-state index in [9.17, 15) is 8.78 Å². The molecule has 0 aliphatic heterocycles. The molecule has 1 aromatic rings. The highest BCUT2D eigenvalue weighted by Crippen LogP contribution is 2.06. The minimum atomic E-state index is -0.588. The number of benzene rings is 1. The maximum atomic E-state index is 12.4. The molecule has 0 fully saturated rings. The van der Waals surface area contributed by atoms with E-state index in [1.807, 2.05) is 0 Å². The van der Waals surface area contributed by atoms with Crippen LogP contribution in [0.25, 0.3) is 0 Å². The normalized spacial score (nSPS) is 9.25. The van der Waals surface area contributed by atoms with E-state index in [1.165, 1.54) is 12.1 Å². The highest BCUT2D eigenvalue weighted by molar-refractivity contribution is 5.85. The zero-order valence-electron chi connectivity index (χ0n) is 6.18. The third-order valence-corrected chi connectivity index (χ3v) is 1.23. The number of hydrazine groups is 1. The lowest BCUT2D eigenvalue weighted by molar-refractivity contribution is 0.576. The first-order chi connectivity index (χ1) is 5.22. The lowest BCUT2D eigenvalue weighted by Crippen LogP contribution is -2.20. The van der Waals surface area contributed by atoms with Gasteiger partial charge in [-0.25, -0.2) is 8.78 Å². The van der Waals surface area contributed by atoms with Crippen LogP contribution in [-0.4, -0.2) is 0 Å². The van der Waals surface area contributed by atoms with Crippen molar-refractivity contribution in [3.05, 3.63) is 35.4 Å². The van der Waals surface area contributed by atoms with Crippen molar-refractivity contribution >= 4 is 12.4 Å². The van der Waals surface area contributed by atoms with Gasteiger partial charge in [-0.15, -0.1) is 12.4 Å². The van der Waals surface area contributed by atoms with Gasteiger partial charge in [0.1, 0.15) is 11.6 Å². The molecule has 0 spiro atoms. The maximum absolute atomic E-state index is 12.4. The van der Waals surface area contributed by atoms with Crippen LogP contribution in [0, 0.1) is 11.6 Å². The second-order valence-corrected chi connectivity index (χ2v) is 2.16. The molecule has 0 aromatic heterocycles. The molecule has 0 amide bonds. The number of hydrogen-bond donors (Lipinski definition) is 2. The predicted molar refractivity (Wildman–Crippen MR) is 44.6 cm³/mol. The van der Waals surface area contributed by atoms with Crippen LogP contribution in [0.15, 0.2) is 18.2 Å². The van der Waals surface area contributed by atoms with Crippen LogP contribution in [0.1, 0.15) is 5.56 Å². The number of rotatable bonds is 2. The van der Waals surface area contributed by atoms with Crippen LogP contribution in [-0.2, 0) is 6.54 Å². The summed E-state index contributed by atoms with van der Waals surface area (Å²) in [6.45, 7) is 0.259. The van der Waals surface area contributed by atoms with Crippen molar-refractivity contribution in [2.24, 2.45) is 5.84 Å². The molecule has 0 bridgehead atoms. The Bertz CT molecular complexity index is 235. The molecule has 68 valence electrons. The number of nitrogens with one attached hydrogen (secondary N) is 1. The molecule has 0 saturated heterocycles. The quantitative estimate of drug-likeness (QED) is 0.551. The Morgan fingerprint density at radius 2 is 1.67 bits per heavy atom. The summed E-state index contributed by atoms with van der Waals surface area (Å²) in [6.07, 6.45) is 0. The second-order valence-electron chi connectivity index (χ2n) is 2.16. The van der Waals surface area contributed by atoms with E-state index in [-0.39, 0.29) is 19.0 Å². The van der Waals surface area contributed by atoms with Gasteiger partial charge in [0.25, 0.3) is 0 Å². The fourth-order valence-corrected chi connectivity index (χ4v) is 0.831. The van der Waals surface area contributed by atoms with Crippen LogP contribution in [0.2, 0.25) is 0 Å². The van der Waals surface area contributed by atoms with E-state index < -0.39 is 11.6 Å². The molecule has 0 aliphatic carbocycles. The van der Waals surface area contributed by atoms with E-state index >= 15 is 0 Å². The number of nitrogens with two attached hydrogens (primary N) is 1. The predicted octanol–water partition coefficient (Wildman–Crippen LogP) is 1.35. The van der Waals surface area contributed by atoms with Crippen LogP contribution >= 0.6 is 12.4 Å². The van der Waals surface area contributed by atoms with E-state index in [1.54, 1.807) is 0 Å². The van der Waals surface area contributed by atoms with Gasteiger partial charge in [-0.05, 0) is 17.7 Å². The molecule has 1 rings (SSSR count). The summed E-state index contributed by atoms with van der Waals surface area (Å²) in [4.78, 5) is 0. The largest absolute Gasteiger partial charge is 0.271 e. The molecule has 0 atom stereocenters. The highest BCUT2D eigenvalue weighted by Gasteiger charge is 1.98. The first-order valence-corrected chi connectivity index (χ1v) is 3.11. The summed E-state index contributed by atoms with van der Waals surface area (Å²) in [5.41, 5.74) is 2.80. The molecule has 0 aliphatic rings. The third-order valence-electron chi connectivity index (χ3n) is 1.23. The van der Waals surface area contributed by atoms with Crippen molar-refractivity contribution in [2.45, 2.75) is 6.54 Å². The highest BCUT2D eigenvalue weighted by atomic mass is 35.5. The SMILES string of the molecule is Cl.NNCc1cc(F)cc(F)c1. The third kappa shape index (κ3) is 3.13. The molecule has 5 heteroatoms. The fourth-order valence-electron chi connectivity index (χ4n) is 0.831. The van der Waals surface area contributed by atoms with E-state index in [0.29, 0.717) is 5.56 Å². The van der Waals surface area contributed by atoms with Gasteiger partial charge in [0.05, 0.1) is 0 Å². The molecule has 3 N–H and O–H groups in total. The second kappa shape index (κ2) is 5.03. The van der Waals surface area contributed by atoms with Crippen LogP contribution in [0.4, 0.5) is 8.78 Å². The molecule has 0 heterocycles. The number of halogens is 3. The zero-order valence-corrected chi connectivity index (χ0v) is 7.00. The van der Waals surface area contributed by atoms with E-state index in [4.69, 9.17) is 5.84 Å². The molecular formula is C7H9ClF2N2. The Kier molecular flexibility index (Phi) is 4.73. The van der Waals surface area contributed by atoms with Gasteiger partial charge in [-0.3, -0.25) is 11.3 Å². The molecule has 0 unspecified atom stereocenters. The van der Waals surface area contributed by atoms with Crippen LogP contribution in [0.5, 0.6) is 0 Å². The summed E-state index contributed by atoms with van der Waals surface area (Å²) < 4.78 is 24.9. The Balaban J connectivity index is 0.00000121. The Labute approximate surface area is 75.1 Å². The summed E-state index contributed by atoms with van der Waals surface area (Å²) in [5.74, 6) is 3.79. The van der Waals surface area contributed by atoms with Crippen molar-refractivity contribution in [3.63, 3.8) is 0 Å². The summed E-state index contributed by atoms with van der Waals surface area (Å²) in [7, 11) is 0. The van der Waals surface area contributed by atoms with Gasteiger partial charge >= 0.3 is 0 Å². The monoisotopic (exact) mass is 194 g/mol. The van der Waals surface area contributed by atoms with Crippen LogP contribution in [0.3, 0.4) is 0 Å². The first kappa shape index (κ1) is 11.3. The Morgan fingerprint density at radius 1 is 1.17 bits per heavy atom. The Hall–Kier alpha value is -0.710. The first-order valence-electron chi connectivity index (χ1n) is 3.11. The van der Waals surface area contributed by atoms with Crippen molar-refractivity contribution < 1.29 is 8.78 Å². The fraction of sp³-hybridized carbons (Fsp3) is 0.143. The number of hydrogen-bond acceptors (Lipinski definition) is 2. The lowest BCUT2D eigenvalue weighted by atomic mass is 10.2. The van der Waals surface area contributed by atoms with E-state index in [2.05, 4.69) is 5.43 Å². The molecule has 0 radical (unpaired) electrons. The lowest BCUT2D eigenvalue weighted by Gasteiger charge is -1.99. The van der Waals surface area contributed by atoms with Crippen LogP contribution < -0.4 is 11.3 Å². The van der Waals surface area contributed by atoms with Gasteiger partial charge in [0, 0.05) is 12.6 Å². The van der Waals surface area contributed by atoms with Gasteiger partial charge in [0.15, 0.2) is 0 Å². The zero-order chi connectivity index (χ0) is 8.27. The topological polar surface area (TPSA) is 38.0 Å². The average Bonchev–Trinajstić information content (AvgIpc) is 1.85.